The van der Waals surface area contributed by atoms with Crippen molar-refractivity contribution in [3.05, 3.63) is 47.5 Å². The molecule has 126 valence electrons. The summed E-state index contributed by atoms with van der Waals surface area (Å²) in [6.45, 7) is 0. The first-order valence-electron chi connectivity index (χ1n) is 7.48. The van der Waals surface area contributed by atoms with E-state index in [1.807, 2.05) is 24.3 Å². The predicted octanol–water partition coefficient (Wildman–Crippen LogP) is 3.28. The number of benzene rings is 2. The van der Waals surface area contributed by atoms with Crippen LogP contribution in [0.2, 0.25) is 0 Å². The van der Waals surface area contributed by atoms with E-state index >= 15 is 0 Å². The second kappa shape index (κ2) is 6.70. The lowest BCUT2D eigenvalue weighted by Gasteiger charge is -2.12. The van der Waals surface area contributed by atoms with E-state index in [-0.39, 0.29) is 11.9 Å². The Morgan fingerprint density at radius 3 is 2.33 bits per heavy atom. The van der Waals surface area contributed by atoms with Gasteiger partial charge < -0.3 is 24.2 Å². The Morgan fingerprint density at radius 2 is 1.71 bits per heavy atom. The highest BCUT2D eigenvalue weighted by Crippen LogP contribution is 2.39. The molecule has 2 aromatic rings. The first-order valence-corrected chi connectivity index (χ1v) is 7.48. The number of hydrogen-bond donors (Lipinski definition) is 1. The largest absolute Gasteiger partial charge is 0.507 e. The van der Waals surface area contributed by atoms with Gasteiger partial charge in [0.15, 0.2) is 6.10 Å². The van der Waals surface area contributed by atoms with Gasteiger partial charge in [-0.3, -0.25) is 0 Å². The third kappa shape index (κ3) is 2.95. The highest BCUT2D eigenvalue weighted by molar-refractivity contribution is 6.06. The minimum Gasteiger partial charge on any atom is -0.507 e. The summed E-state index contributed by atoms with van der Waals surface area (Å²) < 4.78 is 15.7. The number of aromatic hydroxyl groups is 1. The lowest BCUT2D eigenvalue weighted by atomic mass is 9.98. The zero-order chi connectivity index (χ0) is 17.1. The average Bonchev–Trinajstić information content (AvgIpc) is 3.10. The van der Waals surface area contributed by atoms with Gasteiger partial charge in [-0.1, -0.05) is 17.3 Å². The Kier molecular flexibility index (Phi) is 4.46. The van der Waals surface area contributed by atoms with E-state index in [2.05, 4.69) is 5.16 Å². The fourth-order valence-electron chi connectivity index (χ4n) is 2.67. The van der Waals surface area contributed by atoms with Crippen molar-refractivity contribution >= 4 is 5.71 Å². The van der Waals surface area contributed by atoms with Gasteiger partial charge in [0.25, 0.3) is 0 Å². The van der Waals surface area contributed by atoms with Crippen LogP contribution in [-0.4, -0.2) is 32.1 Å². The Labute approximate surface area is 140 Å². The summed E-state index contributed by atoms with van der Waals surface area (Å²) in [6.07, 6.45) is 0.319. The Balaban J connectivity index is 1.84. The molecule has 0 aliphatic carbocycles. The topological polar surface area (TPSA) is 69.5 Å². The van der Waals surface area contributed by atoms with Gasteiger partial charge in [-0.05, 0) is 17.7 Å². The molecule has 6 heteroatoms. The van der Waals surface area contributed by atoms with Crippen molar-refractivity contribution < 1.29 is 24.2 Å². The van der Waals surface area contributed by atoms with Gasteiger partial charge in [0.2, 0.25) is 0 Å². The first-order chi connectivity index (χ1) is 11.7. The van der Waals surface area contributed by atoms with Crippen molar-refractivity contribution in [1.29, 1.82) is 0 Å². The Bertz CT molecular complexity index is 755. The molecule has 0 radical (unpaired) electrons. The minimum atomic E-state index is -0.211. The molecule has 1 aliphatic heterocycles. The van der Waals surface area contributed by atoms with Gasteiger partial charge in [0.1, 0.15) is 23.0 Å². The number of phenolic OH excluding ortho intramolecular Hbond substituents is 1. The van der Waals surface area contributed by atoms with E-state index in [1.54, 1.807) is 13.2 Å². The summed E-state index contributed by atoms with van der Waals surface area (Å²) in [4.78, 5) is 5.54. The van der Waals surface area contributed by atoms with Gasteiger partial charge in [0, 0.05) is 18.6 Å². The monoisotopic (exact) mass is 329 g/mol. The summed E-state index contributed by atoms with van der Waals surface area (Å²) >= 11 is 0. The van der Waals surface area contributed by atoms with E-state index < -0.39 is 0 Å². The summed E-state index contributed by atoms with van der Waals surface area (Å²) in [6, 6.07) is 10.9. The van der Waals surface area contributed by atoms with Crippen LogP contribution in [0.15, 0.2) is 41.6 Å². The molecule has 1 atom stereocenters. The fourth-order valence-corrected chi connectivity index (χ4v) is 2.67. The summed E-state index contributed by atoms with van der Waals surface area (Å²) in [5, 5.41) is 14.4. The van der Waals surface area contributed by atoms with E-state index in [0.717, 1.165) is 11.3 Å². The van der Waals surface area contributed by atoms with Crippen LogP contribution in [0.5, 0.6) is 23.0 Å². The smallest absolute Gasteiger partial charge is 0.158 e. The van der Waals surface area contributed by atoms with Crippen molar-refractivity contribution in [2.45, 2.75) is 12.5 Å². The molecule has 0 fully saturated rings. The standard InChI is InChI=1S/C18H19NO5/c1-21-12-6-4-11(5-7-12)16-10-14(19-24-16)18-15(20)8-13(22-2)9-17(18)23-3/h4-9,16,20H,10H2,1-3H3. The van der Waals surface area contributed by atoms with Crippen LogP contribution in [0.25, 0.3) is 0 Å². The van der Waals surface area contributed by atoms with Crippen LogP contribution in [-0.2, 0) is 4.84 Å². The maximum atomic E-state index is 10.3. The molecule has 1 aliphatic rings. The summed E-state index contributed by atoms with van der Waals surface area (Å²) in [5.41, 5.74) is 2.14. The third-order valence-corrected chi connectivity index (χ3v) is 3.96. The lowest BCUT2D eigenvalue weighted by molar-refractivity contribution is 0.0857. The molecule has 0 saturated carbocycles. The van der Waals surface area contributed by atoms with Crippen LogP contribution >= 0.6 is 0 Å². The quantitative estimate of drug-likeness (QED) is 0.911. The van der Waals surface area contributed by atoms with Crippen molar-refractivity contribution in [2.75, 3.05) is 21.3 Å². The number of rotatable bonds is 5. The van der Waals surface area contributed by atoms with Gasteiger partial charge in [0.05, 0.1) is 32.6 Å². The Morgan fingerprint density at radius 1 is 1.00 bits per heavy atom. The summed E-state index contributed by atoms with van der Waals surface area (Å²) in [5.74, 6) is 1.83. The molecule has 3 rings (SSSR count). The Hall–Kier alpha value is -2.89. The van der Waals surface area contributed by atoms with Crippen molar-refractivity contribution in [2.24, 2.45) is 5.16 Å². The molecule has 0 saturated heterocycles. The van der Waals surface area contributed by atoms with E-state index in [1.165, 1.54) is 20.3 Å². The molecule has 0 spiro atoms. The molecule has 24 heavy (non-hydrogen) atoms. The molecule has 2 aromatic carbocycles. The number of methoxy groups -OCH3 is 3. The SMILES string of the molecule is COc1ccc(C2CC(c3c(O)cc(OC)cc3OC)=NO2)cc1. The van der Waals surface area contributed by atoms with Crippen LogP contribution in [0, 0.1) is 0 Å². The van der Waals surface area contributed by atoms with Gasteiger partial charge in [-0.15, -0.1) is 0 Å². The van der Waals surface area contributed by atoms with Crippen molar-refractivity contribution in [1.82, 2.24) is 0 Å². The van der Waals surface area contributed by atoms with E-state index in [9.17, 15) is 5.11 Å². The van der Waals surface area contributed by atoms with Crippen LogP contribution in [0.3, 0.4) is 0 Å². The van der Waals surface area contributed by atoms with E-state index in [0.29, 0.717) is 29.2 Å². The van der Waals surface area contributed by atoms with Gasteiger partial charge in [-0.25, -0.2) is 0 Å². The first kappa shape index (κ1) is 16.0. The van der Waals surface area contributed by atoms with Crippen LogP contribution < -0.4 is 14.2 Å². The molecule has 1 N–H and O–H groups in total. The number of nitrogens with zero attached hydrogens (tertiary/aromatic N) is 1. The number of hydrogen-bond acceptors (Lipinski definition) is 6. The second-order valence-electron chi connectivity index (χ2n) is 5.33. The lowest BCUT2D eigenvalue weighted by Crippen LogP contribution is -2.04. The maximum Gasteiger partial charge on any atom is 0.158 e. The molecule has 0 aromatic heterocycles. The number of ether oxygens (including phenoxy) is 3. The third-order valence-electron chi connectivity index (χ3n) is 3.96. The van der Waals surface area contributed by atoms with Gasteiger partial charge in [-0.2, -0.15) is 0 Å². The van der Waals surface area contributed by atoms with Crippen LogP contribution in [0.1, 0.15) is 23.7 Å². The van der Waals surface area contributed by atoms with Crippen molar-refractivity contribution in [3.8, 4) is 23.0 Å². The average molecular weight is 329 g/mol. The number of phenols is 1. The van der Waals surface area contributed by atoms with E-state index in [4.69, 9.17) is 19.0 Å². The molecule has 1 heterocycles. The van der Waals surface area contributed by atoms with Crippen molar-refractivity contribution in [3.63, 3.8) is 0 Å². The van der Waals surface area contributed by atoms with Gasteiger partial charge >= 0.3 is 0 Å². The zero-order valence-electron chi connectivity index (χ0n) is 13.8. The molecule has 1 unspecified atom stereocenters. The minimum absolute atomic E-state index is 0.0453. The predicted molar refractivity (Wildman–Crippen MR) is 89.2 cm³/mol. The molecule has 0 amide bonds. The molecule has 6 nitrogen and oxygen atoms in total. The maximum absolute atomic E-state index is 10.3. The molecule has 0 bridgehead atoms. The van der Waals surface area contributed by atoms with Crippen LogP contribution in [0.4, 0.5) is 0 Å². The molecular formula is C18H19NO5. The normalized spacial score (nSPS) is 16.3. The second-order valence-corrected chi connectivity index (χ2v) is 5.33. The fraction of sp³-hybridized carbons (Fsp3) is 0.278. The highest BCUT2D eigenvalue weighted by atomic mass is 16.6. The highest BCUT2D eigenvalue weighted by Gasteiger charge is 2.28. The summed E-state index contributed by atoms with van der Waals surface area (Å²) in [7, 11) is 4.69. The molecular weight excluding hydrogens is 310 g/mol. The zero-order valence-corrected chi connectivity index (χ0v) is 13.8. The number of oxime groups is 1.